The average Bonchev–Trinajstić information content (AvgIpc) is 2.78. The molecule has 0 aliphatic carbocycles. The van der Waals surface area contributed by atoms with Crippen molar-refractivity contribution in [2.45, 2.75) is 4.90 Å². The van der Waals surface area contributed by atoms with Crippen molar-refractivity contribution in [2.75, 3.05) is 23.3 Å². The van der Waals surface area contributed by atoms with Crippen LogP contribution >= 0.6 is 11.6 Å². The molecule has 0 spiro atoms. The summed E-state index contributed by atoms with van der Waals surface area (Å²) in [5, 5.41) is 14.1. The van der Waals surface area contributed by atoms with Crippen LogP contribution in [0, 0.1) is 10.1 Å². The maximum atomic E-state index is 13.3. The molecule has 3 rings (SSSR count). The van der Waals surface area contributed by atoms with Gasteiger partial charge in [0.15, 0.2) is 0 Å². The second-order valence-corrected chi connectivity index (χ2v) is 8.79. The molecule has 0 aliphatic rings. The van der Waals surface area contributed by atoms with Gasteiger partial charge in [0, 0.05) is 17.2 Å². The highest BCUT2D eigenvalue weighted by Gasteiger charge is 2.28. The Morgan fingerprint density at radius 3 is 2.47 bits per heavy atom. The van der Waals surface area contributed by atoms with Crippen molar-refractivity contribution < 1.29 is 22.9 Å². The summed E-state index contributed by atoms with van der Waals surface area (Å²) in [5.41, 5.74) is -0.0926. The molecule has 0 radical (unpaired) electrons. The number of nitrogens with one attached hydrogen (secondary N) is 1. The number of rotatable bonds is 8. The molecule has 9 nitrogen and oxygen atoms in total. The lowest BCUT2D eigenvalue weighted by Gasteiger charge is -2.24. The molecular formula is C21H18ClN3O6S. The fourth-order valence-corrected chi connectivity index (χ4v) is 4.50. The van der Waals surface area contributed by atoms with Gasteiger partial charge in [0.2, 0.25) is 5.91 Å². The molecule has 0 aliphatic heterocycles. The predicted molar refractivity (Wildman–Crippen MR) is 121 cm³/mol. The second-order valence-electron chi connectivity index (χ2n) is 6.49. The standard InChI is InChI=1S/C21H18ClN3O6S/c1-31-20-11-10-15(22)12-19(20)23-21(26)14-24(16-6-5-7-17(13-16)25(27)28)32(29,30)18-8-3-2-4-9-18/h2-13H,14H2,1H3,(H,23,26). The lowest BCUT2D eigenvalue weighted by molar-refractivity contribution is -0.384. The molecule has 32 heavy (non-hydrogen) atoms. The van der Waals surface area contributed by atoms with Crippen molar-refractivity contribution >= 4 is 44.6 Å². The van der Waals surface area contributed by atoms with E-state index in [0.29, 0.717) is 10.8 Å². The molecular weight excluding hydrogens is 458 g/mol. The zero-order valence-corrected chi connectivity index (χ0v) is 18.3. The second kappa shape index (κ2) is 9.67. The van der Waals surface area contributed by atoms with E-state index in [1.807, 2.05) is 0 Å². The number of nitrogens with zero attached hydrogens (tertiary/aromatic N) is 2. The minimum absolute atomic E-state index is 0.0312. The number of hydrogen-bond donors (Lipinski definition) is 1. The Morgan fingerprint density at radius 2 is 1.81 bits per heavy atom. The number of non-ortho nitro benzene ring substituents is 1. The largest absolute Gasteiger partial charge is 0.495 e. The number of nitro groups is 1. The molecule has 0 bridgehead atoms. The summed E-state index contributed by atoms with van der Waals surface area (Å²) >= 11 is 5.98. The van der Waals surface area contributed by atoms with Gasteiger partial charge in [0.25, 0.3) is 15.7 Å². The highest BCUT2D eigenvalue weighted by atomic mass is 35.5. The number of sulfonamides is 1. The normalized spacial score (nSPS) is 10.9. The Labute approximate surface area is 189 Å². The van der Waals surface area contributed by atoms with Crippen LogP contribution in [0.5, 0.6) is 5.75 Å². The first-order valence-electron chi connectivity index (χ1n) is 9.18. The SMILES string of the molecule is COc1ccc(Cl)cc1NC(=O)CN(c1cccc([N+](=O)[O-])c1)S(=O)(=O)c1ccccc1. The van der Waals surface area contributed by atoms with E-state index in [1.165, 1.54) is 55.6 Å². The van der Waals surface area contributed by atoms with Gasteiger partial charge < -0.3 is 10.1 Å². The van der Waals surface area contributed by atoms with Crippen molar-refractivity contribution in [1.29, 1.82) is 0 Å². The fourth-order valence-electron chi connectivity index (χ4n) is 2.89. The number of methoxy groups -OCH3 is 1. The molecule has 0 saturated carbocycles. The molecule has 1 N–H and O–H groups in total. The fraction of sp³-hybridized carbons (Fsp3) is 0.0952. The number of carbonyl (C=O) groups excluding carboxylic acids is 1. The number of halogens is 1. The van der Waals surface area contributed by atoms with E-state index in [0.717, 1.165) is 10.4 Å². The first kappa shape index (κ1) is 23.0. The van der Waals surface area contributed by atoms with Gasteiger partial charge in [-0.1, -0.05) is 35.9 Å². The third kappa shape index (κ3) is 5.16. The van der Waals surface area contributed by atoms with E-state index in [2.05, 4.69) is 5.32 Å². The average molecular weight is 476 g/mol. The molecule has 0 heterocycles. The van der Waals surface area contributed by atoms with Crippen LogP contribution in [0.15, 0.2) is 77.7 Å². The Hall–Kier alpha value is -3.63. The van der Waals surface area contributed by atoms with E-state index in [-0.39, 0.29) is 22.0 Å². The number of nitro benzene ring substituents is 1. The number of carbonyl (C=O) groups is 1. The Balaban J connectivity index is 2.00. The summed E-state index contributed by atoms with van der Waals surface area (Å²) in [7, 11) is -2.80. The molecule has 0 unspecified atom stereocenters. The van der Waals surface area contributed by atoms with E-state index in [1.54, 1.807) is 18.2 Å². The van der Waals surface area contributed by atoms with E-state index < -0.39 is 27.4 Å². The first-order chi connectivity index (χ1) is 15.2. The highest BCUT2D eigenvalue weighted by Crippen LogP contribution is 2.29. The van der Waals surface area contributed by atoms with E-state index in [9.17, 15) is 23.3 Å². The van der Waals surface area contributed by atoms with Crippen LogP contribution in [0.1, 0.15) is 0 Å². The van der Waals surface area contributed by atoms with Crippen LogP contribution in [0.4, 0.5) is 17.1 Å². The maximum absolute atomic E-state index is 13.3. The molecule has 3 aromatic rings. The van der Waals surface area contributed by atoms with Gasteiger partial charge in [0.1, 0.15) is 12.3 Å². The Morgan fingerprint density at radius 1 is 1.09 bits per heavy atom. The summed E-state index contributed by atoms with van der Waals surface area (Å²) in [4.78, 5) is 23.3. The summed E-state index contributed by atoms with van der Waals surface area (Å²) in [6.45, 7) is -0.645. The van der Waals surface area contributed by atoms with Crippen molar-refractivity contribution in [1.82, 2.24) is 0 Å². The Bertz CT molecular complexity index is 1250. The lowest BCUT2D eigenvalue weighted by atomic mass is 10.2. The van der Waals surface area contributed by atoms with Crippen LogP contribution in [0.3, 0.4) is 0 Å². The minimum Gasteiger partial charge on any atom is -0.495 e. The predicted octanol–water partition coefficient (Wildman–Crippen LogP) is 4.09. The summed E-state index contributed by atoms with van der Waals surface area (Å²) < 4.78 is 32.6. The molecule has 166 valence electrons. The quantitative estimate of drug-likeness (QED) is 0.387. The third-order valence-electron chi connectivity index (χ3n) is 4.38. The smallest absolute Gasteiger partial charge is 0.271 e. The highest BCUT2D eigenvalue weighted by molar-refractivity contribution is 7.92. The van der Waals surface area contributed by atoms with E-state index in [4.69, 9.17) is 16.3 Å². The van der Waals surface area contributed by atoms with Gasteiger partial charge in [-0.2, -0.15) is 0 Å². The van der Waals surface area contributed by atoms with Crippen molar-refractivity contribution in [3.8, 4) is 5.75 Å². The van der Waals surface area contributed by atoms with Crippen LogP contribution in [0.25, 0.3) is 0 Å². The minimum atomic E-state index is -4.22. The van der Waals surface area contributed by atoms with Gasteiger partial charge >= 0.3 is 0 Å². The van der Waals surface area contributed by atoms with Crippen molar-refractivity contribution in [3.05, 3.63) is 87.9 Å². The number of hydrogen-bond acceptors (Lipinski definition) is 6. The van der Waals surface area contributed by atoms with Gasteiger partial charge in [-0.3, -0.25) is 19.2 Å². The molecule has 0 atom stereocenters. The number of amides is 1. The monoisotopic (exact) mass is 475 g/mol. The number of benzene rings is 3. The van der Waals surface area contributed by atoms with Gasteiger partial charge in [-0.05, 0) is 36.4 Å². The number of ether oxygens (including phenoxy) is 1. The lowest BCUT2D eigenvalue weighted by Crippen LogP contribution is -2.38. The van der Waals surface area contributed by atoms with Crippen molar-refractivity contribution in [2.24, 2.45) is 0 Å². The summed E-state index contributed by atoms with van der Waals surface area (Å²) in [5.74, 6) is -0.368. The van der Waals surface area contributed by atoms with Crippen LogP contribution in [-0.2, 0) is 14.8 Å². The maximum Gasteiger partial charge on any atom is 0.271 e. The van der Waals surface area contributed by atoms with Crippen LogP contribution in [0.2, 0.25) is 5.02 Å². The molecule has 0 saturated heterocycles. The molecule has 11 heteroatoms. The van der Waals surface area contributed by atoms with Gasteiger partial charge in [0.05, 0.1) is 28.3 Å². The molecule has 0 fully saturated rings. The molecule has 1 amide bonds. The van der Waals surface area contributed by atoms with Gasteiger partial charge in [-0.15, -0.1) is 0 Å². The zero-order valence-electron chi connectivity index (χ0n) is 16.8. The summed E-state index contributed by atoms with van der Waals surface area (Å²) in [6.07, 6.45) is 0. The zero-order chi connectivity index (χ0) is 23.3. The van der Waals surface area contributed by atoms with Gasteiger partial charge in [-0.25, -0.2) is 8.42 Å². The number of anilines is 2. The van der Waals surface area contributed by atoms with E-state index >= 15 is 0 Å². The molecule has 0 aromatic heterocycles. The third-order valence-corrected chi connectivity index (χ3v) is 6.41. The van der Waals surface area contributed by atoms with Crippen molar-refractivity contribution in [3.63, 3.8) is 0 Å². The topological polar surface area (TPSA) is 119 Å². The van der Waals surface area contributed by atoms with Crippen LogP contribution in [-0.4, -0.2) is 32.9 Å². The van der Waals surface area contributed by atoms with Crippen LogP contribution < -0.4 is 14.4 Å². The summed E-state index contributed by atoms with van der Waals surface area (Å²) in [6, 6.07) is 17.1. The molecule has 3 aromatic carbocycles. The Kier molecular flexibility index (Phi) is 6.96. The first-order valence-corrected chi connectivity index (χ1v) is 11.0.